The Balaban J connectivity index is 1.96. The molecule has 1 N–H and O–H groups in total. The normalized spacial score (nSPS) is 28.7. The van der Waals surface area contributed by atoms with E-state index in [0.717, 1.165) is 19.3 Å². The number of nitrogens with zero attached hydrogens (tertiary/aromatic N) is 1. The molecule has 1 fully saturated rings. The van der Waals surface area contributed by atoms with Crippen LogP contribution in [-0.2, 0) is 9.84 Å². The fourth-order valence-electron chi connectivity index (χ4n) is 2.57. The number of carbonyl (C=O) groups excluding carboxylic acids is 1. The second-order valence-electron chi connectivity index (χ2n) is 6.25. The third-order valence-electron chi connectivity index (χ3n) is 4.34. The summed E-state index contributed by atoms with van der Waals surface area (Å²) in [4.78, 5) is 13.9. The Morgan fingerprint density at radius 1 is 1.30 bits per heavy atom. The van der Waals surface area contributed by atoms with Gasteiger partial charge in [-0.3, -0.25) is 0 Å². The fourth-order valence-corrected chi connectivity index (χ4v) is 3.99. The molecule has 1 aliphatic heterocycles. The minimum absolute atomic E-state index is 0.0536. The summed E-state index contributed by atoms with van der Waals surface area (Å²) < 4.78 is 23.5. The van der Waals surface area contributed by atoms with Crippen molar-refractivity contribution in [1.29, 1.82) is 0 Å². The zero-order chi connectivity index (χ0) is 14.8. The van der Waals surface area contributed by atoms with Gasteiger partial charge in [0.2, 0.25) is 0 Å². The lowest BCUT2D eigenvalue weighted by molar-refractivity contribution is 0.195. The summed E-state index contributed by atoms with van der Waals surface area (Å²) in [5.74, 6) is 0.0536. The van der Waals surface area contributed by atoms with Crippen LogP contribution in [0.3, 0.4) is 0 Å². The standard InChI is InChI=1S/C14H24N2O3S/c1-14(2)8-9-16(10-11-20(14,18)19)13(17)15-12-6-4-3-5-7-12/h3-4,12H,5-11H2,1-2H3,(H,15,17)/t12-/m1/s1. The first-order chi connectivity index (χ1) is 9.32. The minimum atomic E-state index is -3.13. The van der Waals surface area contributed by atoms with Gasteiger partial charge in [-0.2, -0.15) is 0 Å². The Kier molecular flexibility index (Phi) is 4.42. The van der Waals surface area contributed by atoms with Gasteiger partial charge in [-0.25, -0.2) is 13.2 Å². The molecule has 1 aliphatic carbocycles. The zero-order valence-corrected chi connectivity index (χ0v) is 13.1. The van der Waals surface area contributed by atoms with E-state index in [1.807, 2.05) is 0 Å². The van der Waals surface area contributed by atoms with Gasteiger partial charge in [0.05, 0.1) is 10.5 Å². The van der Waals surface area contributed by atoms with Crippen molar-refractivity contribution >= 4 is 15.9 Å². The molecule has 20 heavy (non-hydrogen) atoms. The van der Waals surface area contributed by atoms with Crippen LogP contribution in [-0.4, -0.2) is 49.0 Å². The van der Waals surface area contributed by atoms with Gasteiger partial charge in [-0.1, -0.05) is 12.2 Å². The SMILES string of the molecule is CC1(C)CCN(C(=O)N[C@@H]2CC=CCC2)CCS1(=O)=O. The quantitative estimate of drug-likeness (QED) is 0.750. The monoisotopic (exact) mass is 300 g/mol. The van der Waals surface area contributed by atoms with E-state index in [0.29, 0.717) is 19.5 Å². The van der Waals surface area contributed by atoms with Crippen LogP contribution in [0.15, 0.2) is 12.2 Å². The number of carbonyl (C=O) groups is 1. The number of urea groups is 1. The Hall–Kier alpha value is -1.04. The van der Waals surface area contributed by atoms with E-state index in [1.165, 1.54) is 0 Å². The maximum absolute atomic E-state index is 12.2. The third kappa shape index (κ3) is 3.34. The predicted octanol–water partition coefficient (Wildman–Crippen LogP) is 1.70. The highest BCUT2D eigenvalue weighted by atomic mass is 32.2. The summed E-state index contributed by atoms with van der Waals surface area (Å²) in [7, 11) is -3.13. The molecule has 2 amide bonds. The first-order valence-electron chi connectivity index (χ1n) is 7.24. The van der Waals surface area contributed by atoms with Gasteiger partial charge in [0, 0.05) is 19.1 Å². The molecule has 0 bridgehead atoms. The van der Waals surface area contributed by atoms with Gasteiger partial charge in [0.15, 0.2) is 9.84 Å². The van der Waals surface area contributed by atoms with Crippen LogP contribution in [0.4, 0.5) is 4.79 Å². The van der Waals surface area contributed by atoms with Gasteiger partial charge < -0.3 is 10.2 Å². The van der Waals surface area contributed by atoms with Crippen LogP contribution >= 0.6 is 0 Å². The van der Waals surface area contributed by atoms with Crippen molar-refractivity contribution in [3.63, 3.8) is 0 Å². The number of hydrogen-bond acceptors (Lipinski definition) is 3. The van der Waals surface area contributed by atoms with Crippen molar-refractivity contribution in [3.8, 4) is 0 Å². The van der Waals surface area contributed by atoms with Crippen LogP contribution in [0.5, 0.6) is 0 Å². The molecule has 5 nitrogen and oxygen atoms in total. The fraction of sp³-hybridized carbons (Fsp3) is 0.786. The molecule has 0 aromatic carbocycles. The van der Waals surface area contributed by atoms with Crippen LogP contribution in [0.2, 0.25) is 0 Å². The number of hydrogen-bond donors (Lipinski definition) is 1. The summed E-state index contributed by atoms with van der Waals surface area (Å²) in [5.41, 5.74) is 0. The average molecular weight is 300 g/mol. The second-order valence-corrected chi connectivity index (χ2v) is 8.99. The smallest absolute Gasteiger partial charge is 0.317 e. The molecule has 1 atom stereocenters. The summed E-state index contributed by atoms with van der Waals surface area (Å²) in [6, 6.07) is 0.0542. The zero-order valence-electron chi connectivity index (χ0n) is 12.3. The van der Waals surface area contributed by atoms with Gasteiger partial charge in [-0.15, -0.1) is 0 Å². The van der Waals surface area contributed by atoms with E-state index in [-0.39, 0.29) is 17.8 Å². The number of allylic oxidation sites excluding steroid dienone is 1. The van der Waals surface area contributed by atoms with E-state index in [4.69, 9.17) is 0 Å². The first-order valence-corrected chi connectivity index (χ1v) is 8.90. The molecule has 0 aromatic rings. The van der Waals surface area contributed by atoms with E-state index in [2.05, 4.69) is 17.5 Å². The van der Waals surface area contributed by atoms with Gasteiger partial charge in [0.25, 0.3) is 0 Å². The lowest BCUT2D eigenvalue weighted by Gasteiger charge is -2.26. The van der Waals surface area contributed by atoms with E-state index in [1.54, 1.807) is 18.7 Å². The van der Waals surface area contributed by atoms with Crippen LogP contribution in [0, 0.1) is 0 Å². The molecule has 1 saturated heterocycles. The molecule has 0 unspecified atom stereocenters. The predicted molar refractivity (Wildman–Crippen MR) is 79.4 cm³/mol. The lowest BCUT2D eigenvalue weighted by atomic mass is 10.0. The molecule has 0 radical (unpaired) electrons. The van der Waals surface area contributed by atoms with Crippen LogP contribution in [0.25, 0.3) is 0 Å². The van der Waals surface area contributed by atoms with Gasteiger partial charge in [0.1, 0.15) is 0 Å². The van der Waals surface area contributed by atoms with Gasteiger partial charge in [-0.05, 0) is 39.5 Å². The summed E-state index contributed by atoms with van der Waals surface area (Å²) >= 11 is 0. The Bertz CT molecular complexity index is 497. The molecule has 114 valence electrons. The van der Waals surface area contributed by atoms with Crippen molar-refractivity contribution in [2.24, 2.45) is 0 Å². The molecule has 0 spiro atoms. The highest BCUT2D eigenvalue weighted by molar-refractivity contribution is 7.92. The van der Waals surface area contributed by atoms with Crippen molar-refractivity contribution in [3.05, 3.63) is 12.2 Å². The van der Waals surface area contributed by atoms with Crippen LogP contribution < -0.4 is 5.32 Å². The highest BCUT2D eigenvalue weighted by Crippen LogP contribution is 2.25. The number of nitrogens with one attached hydrogen (secondary N) is 1. The molecular weight excluding hydrogens is 276 g/mol. The van der Waals surface area contributed by atoms with E-state index < -0.39 is 14.6 Å². The summed E-state index contributed by atoms with van der Waals surface area (Å²) in [6.45, 7) is 4.28. The van der Waals surface area contributed by atoms with Crippen molar-refractivity contribution in [2.45, 2.75) is 50.3 Å². The van der Waals surface area contributed by atoms with E-state index in [9.17, 15) is 13.2 Å². The molecule has 2 aliphatic rings. The largest absolute Gasteiger partial charge is 0.335 e. The molecule has 1 heterocycles. The minimum Gasteiger partial charge on any atom is -0.335 e. The molecule has 2 rings (SSSR count). The average Bonchev–Trinajstić information content (AvgIpc) is 2.48. The Morgan fingerprint density at radius 3 is 2.70 bits per heavy atom. The Labute approximate surface area is 121 Å². The van der Waals surface area contributed by atoms with Gasteiger partial charge >= 0.3 is 6.03 Å². The van der Waals surface area contributed by atoms with Crippen molar-refractivity contribution in [2.75, 3.05) is 18.8 Å². The molecule has 0 saturated carbocycles. The summed E-state index contributed by atoms with van der Waals surface area (Å²) in [6.07, 6.45) is 7.52. The second kappa shape index (κ2) is 5.76. The molecular formula is C14H24N2O3S. The maximum Gasteiger partial charge on any atom is 0.317 e. The molecule has 6 heteroatoms. The topological polar surface area (TPSA) is 66.5 Å². The van der Waals surface area contributed by atoms with E-state index >= 15 is 0 Å². The number of rotatable bonds is 1. The van der Waals surface area contributed by atoms with Crippen molar-refractivity contribution in [1.82, 2.24) is 10.2 Å². The number of sulfone groups is 1. The Morgan fingerprint density at radius 2 is 2.05 bits per heavy atom. The maximum atomic E-state index is 12.2. The van der Waals surface area contributed by atoms with Crippen molar-refractivity contribution < 1.29 is 13.2 Å². The molecule has 0 aromatic heterocycles. The first kappa shape index (κ1) is 15.4. The lowest BCUT2D eigenvalue weighted by Crippen LogP contribution is -2.46. The highest BCUT2D eigenvalue weighted by Gasteiger charge is 2.38. The van der Waals surface area contributed by atoms with Crippen LogP contribution in [0.1, 0.15) is 39.5 Å². The number of amides is 2. The summed E-state index contributed by atoms with van der Waals surface area (Å²) in [5, 5.41) is 3.01. The third-order valence-corrected chi connectivity index (χ3v) is 6.95.